The van der Waals surface area contributed by atoms with Crippen molar-refractivity contribution in [1.82, 2.24) is 0 Å². The number of rotatable bonds is 4. The summed E-state index contributed by atoms with van der Waals surface area (Å²) >= 11 is 0. The third kappa shape index (κ3) is 3.08. The molecule has 0 aromatic heterocycles. The van der Waals surface area contributed by atoms with Crippen molar-refractivity contribution in [2.24, 2.45) is 5.41 Å². The molecule has 90 valence electrons. The van der Waals surface area contributed by atoms with Gasteiger partial charge in [0, 0.05) is 5.41 Å². The minimum Gasteiger partial charge on any atom is -0.462 e. The van der Waals surface area contributed by atoms with E-state index in [1.54, 1.807) is 6.08 Å². The van der Waals surface area contributed by atoms with Gasteiger partial charge < -0.3 is 9.47 Å². The van der Waals surface area contributed by atoms with Crippen LogP contribution in [0.4, 0.5) is 0 Å². The quantitative estimate of drug-likeness (QED) is 0.542. The molecule has 1 rings (SSSR count). The molecule has 0 aromatic carbocycles. The van der Waals surface area contributed by atoms with Crippen LogP contribution in [0, 0.1) is 5.41 Å². The molecule has 4 heteroatoms. The Labute approximate surface area is 95.6 Å². The lowest BCUT2D eigenvalue weighted by Crippen LogP contribution is -2.34. The van der Waals surface area contributed by atoms with Crippen LogP contribution in [0.25, 0.3) is 0 Å². The van der Waals surface area contributed by atoms with Crippen LogP contribution in [-0.4, -0.2) is 24.6 Å². The molecule has 1 fully saturated rings. The SMILES string of the molecule is CC/C=C\CC(=O)O[C@H]1C(=O)OCC1(C)C. The first kappa shape index (κ1) is 12.7. The smallest absolute Gasteiger partial charge is 0.348 e. The van der Waals surface area contributed by atoms with Gasteiger partial charge in [-0.3, -0.25) is 4.79 Å². The molecular formula is C12H18O4. The lowest BCUT2D eigenvalue weighted by Gasteiger charge is -2.21. The second-order valence-corrected chi connectivity index (χ2v) is 4.55. The third-order valence-corrected chi connectivity index (χ3v) is 2.45. The molecule has 0 bridgehead atoms. The molecule has 1 aliphatic rings. The first-order chi connectivity index (χ1) is 7.47. The maximum absolute atomic E-state index is 11.4. The Hall–Kier alpha value is -1.32. The van der Waals surface area contributed by atoms with Crippen molar-refractivity contribution in [1.29, 1.82) is 0 Å². The van der Waals surface area contributed by atoms with E-state index < -0.39 is 17.5 Å². The van der Waals surface area contributed by atoms with Gasteiger partial charge in [-0.1, -0.05) is 32.9 Å². The lowest BCUT2D eigenvalue weighted by molar-refractivity contribution is -0.162. The average molecular weight is 226 g/mol. The van der Waals surface area contributed by atoms with Gasteiger partial charge in [-0.15, -0.1) is 0 Å². The van der Waals surface area contributed by atoms with E-state index in [-0.39, 0.29) is 12.4 Å². The van der Waals surface area contributed by atoms with Gasteiger partial charge in [0.25, 0.3) is 0 Å². The largest absolute Gasteiger partial charge is 0.462 e. The van der Waals surface area contributed by atoms with Gasteiger partial charge in [-0.05, 0) is 6.42 Å². The Morgan fingerprint density at radius 2 is 2.25 bits per heavy atom. The van der Waals surface area contributed by atoms with Gasteiger partial charge in [0.1, 0.15) is 6.61 Å². The van der Waals surface area contributed by atoms with Gasteiger partial charge in [0.15, 0.2) is 0 Å². The predicted molar refractivity (Wildman–Crippen MR) is 58.7 cm³/mol. The fourth-order valence-electron chi connectivity index (χ4n) is 1.46. The van der Waals surface area contributed by atoms with E-state index in [0.29, 0.717) is 6.61 Å². The van der Waals surface area contributed by atoms with E-state index in [1.807, 2.05) is 26.8 Å². The van der Waals surface area contributed by atoms with Crippen LogP contribution in [0.2, 0.25) is 0 Å². The first-order valence-electron chi connectivity index (χ1n) is 5.48. The highest BCUT2D eigenvalue weighted by atomic mass is 16.6. The summed E-state index contributed by atoms with van der Waals surface area (Å²) in [4.78, 5) is 22.8. The molecule has 0 unspecified atom stereocenters. The van der Waals surface area contributed by atoms with Gasteiger partial charge in [-0.25, -0.2) is 4.79 Å². The van der Waals surface area contributed by atoms with Crippen molar-refractivity contribution in [3.05, 3.63) is 12.2 Å². The van der Waals surface area contributed by atoms with Crippen molar-refractivity contribution in [3.63, 3.8) is 0 Å². The molecule has 0 spiro atoms. The van der Waals surface area contributed by atoms with E-state index in [9.17, 15) is 9.59 Å². The summed E-state index contributed by atoms with van der Waals surface area (Å²) in [6.07, 6.45) is 3.95. The van der Waals surface area contributed by atoms with Crippen LogP contribution in [-0.2, 0) is 19.1 Å². The summed E-state index contributed by atoms with van der Waals surface area (Å²) in [5, 5.41) is 0. The topological polar surface area (TPSA) is 52.6 Å². The Morgan fingerprint density at radius 1 is 1.56 bits per heavy atom. The predicted octanol–water partition coefficient (Wildman–Crippen LogP) is 1.84. The van der Waals surface area contributed by atoms with Gasteiger partial charge >= 0.3 is 11.9 Å². The van der Waals surface area contributed by atoms with Gasteiger partial charge in [-0.2, -0.15) is 0 Å². The monoisotopic (exact) mass is 226 g/mol. The number of allylic oxidation sites excluding steroid dienone is 1. The van der Waals surface area contributed by atoms with Crippen molar-refractivity contribution >= 4 is 11.9 Å². The molecule has 4 nitrogen and oxygen atoms in total. The molecule has 1 atom stereocenters. The molecule has 1 heterocycles. The minimum absolute atomic E-state index is 0.202. The van der Waals surface area contributed by atoms with Gasteiger partial charge in [0.2, 0.25) is 6.10 Å². The average Bonchev–Trinajstić information content (AvgIpc) is 2.45. The number of esters is 2. The normalized spacial score (nSPS) is 23.4. The van der Waals surface area contributed by atoms with E-state index in [2.05, 4.69) is 0 Å². The van der Waals surface area contributed by atoms with Crippen molar-refractivity contribution in [2.75, 3.05) is 6.61 Å². The van der Waals surface area contributed by atoms with Crippen LogP contribution in [0.5, 0.6) is 0 Å². The third-order valence-electron chi connectivity index (χ3n) is 2.45. The maximum atomic E-state index is 11.4. The molecule has 1 aliphatic heterocycles. The highest BCUT2D eigenvalue weighted by Crippen LogP contribution is 2.31. The Balaban J connectivity index is 2.50. The van der Waals surface area contributed by atoms with E-state index in [1.165, 1.54) is 0 Å². The van der Waals surface area contributed by atoms with Crippen molar-refractivity contribution in [3.8, 4) is 0 Å². The maximum Gasteiger partial charge on any atom is 0.348 e. The zero-order valence-electron chi connectivity index (χ0n) is 9.99. The summed E-state index contributed by atoms with van der Waals surface area (Å²) < 4.78 is 9.99. The second kappa shape index (κ2) is 5.14. The number of cyclic esters (lactones) is 1. The summed E-state index contributed by atoms with van der Waals surface area (Å²) in [6, 6.07) is 0. The van der Waals surface area contributed by atoms with Crippen LogP contribution in [0.15, 0.2) is 12.2 Å². The summed E-state index contributed by atoms with van der Waals surface area (Å²) in [7, 11) is 0. The molecule has 0 N–H and O–H groups in total. The molecule has 0 aromatic rings. The Kier molecular flexibility index (Phi) is 4.10. The van der Waals surface area contributed by atoms with Crippen LogP contribution < -0.4 is 0 Å². The van der Waals surface area contributed by atoms with Crippen molar-refractivity contribution in [2.45, 2.75) is 39.7 Å². The zero-order chi connectivity index (χ0) is 12.2. The molecule has 0 radical (unpaired) electrons. The molecule has 0 amide bonds. The lowest BCUT2D eigenvalue weighted by atomic mass is 9.90. The number of carbonyl (C=O) groups is 2. The highest BCUT2D eigenvalue weighted by Gasteiger charge is 2.46. The van der Waals surface area contributed by atoms with Crippen LogP contribution in [0.1, 0.15) is 33.6 Å². The molecule has 0 saturated carbocycles. The number of ether oxygens (including phenoxy) is 2. The molecule has 0 aliphatic carbocycles. The Morgan fingerprint density at radius 3 is 2.75 bits per heavy atom. The van der Waals surface area contributed by atoms with E-state index >= 15 is 0 Å². The standard InChI is InChI=1S/C12H18O4/c1-4-5-6-7-9(13)16-10-11(14)15-8-12(10,2)3/h5-6,10H,4,7-8H2,1-3H3/b6-5-/t10-/m0/s1. The van der Waals surface area contributed by atoms with Crippen molar-refractivity contribution < 1.29 is 19.1 Å². The summed E-state index contributed by atoms with van der Waals surface area (Å²) in [6.45, 7) is 5.98. The fraction of sp³-hybridized carbons (Fsp3) is 0.667. The molecule has 16 heavy (non-hydrogen) atoms. The number of hydrogen-bond donors (Lipinski definition) is 0. The van der Waals surface area contributed by atoms with Gasteiger partial charge in [0.05, 0.1) is 6.42 Å². The minimum atomic E-state index is -0.768. The summed E-state index contributed by atoms with van der Waals surface area (Å²) in [5.74, 6) is -0.834. The molecular weight excluding hydrogens is 208 g/mol. The molecule has 1 saturated heterocycles. The van der Waals surface area contributed by atoms with Crippen LogP contribution >= 0.6 is 0 Å². The first-order valence-corrected chi connectivity index (χ1v) is 5.48. The van der Waals surface area contributed by atoms with E-state index in [4.69, 9.17) is 9.47 Å². The summed E-state index contributed by atoms with van der Waals surface area (Å²) in [5.41, 5.74) is -0.429. The number of carbonyl (C=O) groups excluding carboxylic acids is 2. The van der Waals surface area contributed by atoms with E-state index in [0.717, 1.165) is 6.42 Å². The Bertz CT molecular complexity index is 304. The highest BCUT2D eigenvalue weighted by molar-refractivity contribution is 5.82. The zero-order valence-corrected chi connectivity index (χ0v) is 9.99. The number of hydrogen-bond acceptors (Lipinski definition) is 4. The fourth-order valence-corrected chi connectivity index (χ4v) is 1.46. The van der Waals surface area contributed by atoms with Crippen LogP contribution in [0.3, 0.4) is 0 Å². The second-order valence-electron chi connectivity index (χ2n) is 4.55.